The van der Waals surface area contributed by atoms with Crippen molar-refractivity contribution >= 4 is 0 Å². The van der Waals surface area contributed by atoms with Gasteiger partial charge in [-0.15, -0.1) is 0 Å². The lowest BCUT2D eigenvalue weighted by Gasteiger charge is -2.07. The molecular formula is C12H16O2. The molecule has 0 N–H and O–H groups in total. The van der Waals surface area contributed by atoms with E-state index in [1.807, 2.05) is 50.3 Å². The zero-order valence-electron chi connectivity index (χ0n) is 8.69. The molecule has 0 fully saturated rings. The highest BCUT2D eigenvalue weighted by Crippen LogP contribution is 2.15. The first kappa shape index (κ1) is 10.8. The smallest absolute Gasteiger partial charge is 0.189 e. The molecule has 0 amide bonds. The fourth-order valence-electron chi connectivity index (χ4n) is 1.04. The first-order valence-electron chi connectivity index (χ1n) is 4.72. The molecule has 0 aromatic heterocycles. The van der Waals surface area contributed by atoms with Crippen molar-refractivity contribution in [2.75, 3.05) is 13.4 Å². The van der Waals surface area contributed by atoms with E-state index in [4.69, 9.17) is 9.47 Å². The molecule has 0 bridgehead atoms. The molecule has 0 aliphatic rings. The number of para-hydroxylation sites is 1. The third-order valence-corrected chi connectivity index (χ3v) is 1.84. The fourth-order valence-corrected chi connectivity index (χ4v) is 1.04. The van der Waals surface area contributed by atoms with E-state index >= 15 is 0 Å². The standard InChI is InChI=1S/C12H16O2/c1-3-4-9-13-10-14-12-8-6-5-7-11(12)2/h3-8H,9-10H2,1-2H3/b4-3+. The largest absolute Gasteiger partial charge is 0.467 e. The van der Waals surface area contributed by atoms with Gasteiger partial charge in [-0.3, -0.25) is 0 Å². The molecule has 0 spiro atoms. The topological polar surface area (TPSA) is 18.5 Å². The van der Waals surface area contributed by atoms with Gasteiger partial charge >= 0.3 is 0 Å². The molecule has 76 valence electrons. The van der Waals surface area contributed by atoms with E-state index in [2.05, 4.69) is 0 Å². The van der Waals surface area contributed by atoms with Crippen LogP contribution in [-0.2, 0) is 4.74 Å². The Morgan fingerprint density at radius 1 is 1.29 bits per heavy atom. The normalized spacial score (nSPS) is 10.7. The van der Waals surface area contributed by atoms with Crippen LogP contribution in [0, 0.1) is 6.92 Å². The molecule has 0 saturated carbocycles. The molecule has 1 aromatic carbocycles. The van der Waals surface area contributed by atoms with Gasteiger partial charge in [0.05, 0.1) is 6.61 Å². The average Bonchev–Trinajstić information content (AvgIpc) is 2.20. The summed E-state index contributed by atoms with van der Waals surface area (Å²) in [5, 5.41) is 0. The van der Waals surface area contributed by atoms with Gasteiger partial charge in [0.1, 0.15) is 5.75 Å². The quantitative estimate of drug-likeness (QED) is 0.405. The summed E-state index contributed by atoms with van der Waals surface area (Å²) >= 11 is 0. The van der Waals surface area contributed by atoms with Crippen molar-refractivity contribution in [1.29, 1.82) is 0 Å². The van der Waals surface area contributed by atoms with E-state index in [0.717, 1.165) is 11.3 Å². The van der Waals surface area contributed by atoms with Crippen molar-refractivity contribution in [3.8, 4) is 5.75 Å². The summed E-state index contributed by atoms with van der Waals surface area (Å²) in [6.45, 7) is 4.88. The Kier molecular flexibility index (Phi) is 4.79. The van der Waals surface area contributed by atoms with Gasteiger partial charge in [-0.2, -0.15) is 0 Å². The summed E-state index contributed by atoms with van der Waals surface area (Å²) in [6, 6.07) is 7.90. The summed E-state index contributed by atoms with van der Waals surface area (Å²) in [5.41, 5.74) is 1.13. The van der Waals surface area contributed by atoms with E-state index in [0.29, 0.717) is 13.4 Å². The second kappa shape index (κ2) is 6.22. The first-order valence-corrected chi connectivity index (χ1v) is 4.72. The van der Waals surface area contributed by atoms with Gasteiger partial charge in [0.2, 0.25) is 0 Å². The van der Waals surface area contributed by atoms with Gasteiger partial charge in [-0.05, 0) is 25.5 Å². The minimum absolute atomic E-state index is 0.301. The predicted octanol–water partition coefficient (Wildman–Crippen LogP) is 2.92. The molecule has 0 radical (unpaired) electrons. The molecular weight excluding hydrogens is 176 g/mol. The van der Waals surface area contributed by atoms with Crippen LogP contribution in [0.25, 0.3) is 0 Å². The second-order valence-electron chi connectivity index (χ2n) is 2.97. The number of ether oxygens (including phenoxy) is 2. The van der Waals surface area contributed by atoms with Crippen molar-refractivity contribution in [3.05, 3.63) is 42.0 Å². The Bertz CT molecular complexity index is 292. The lowest BCUT2D eigenvalue weighted by Crippen LogP contribution is -2.03. The van der Waals surface area contributed by atoms with E-state index in [9.17, 15) is 0 Å². The Morgan fingerprint density at radius 3 is 2.79 bits per heavy atom. The molecule has 2 heteroatoms. The lowest BCUT2D eigenvalue weighted by atomic mass is 10.2. The summed E-state index contributed by atoms with van der Waals surface area (Å²) < 4.78 is 10.7. The average molecular weight is 192 g/mol. The Balaban J connectivity index is 2.28. The van der Waals surface area contributed by atoms with E-state index in [1.165, 1.54) is 0 Å². The van der Waals surface area contributed by atoms with Crippen LogP contribution in [0.5, 0.6) is 5.75 Å². The summed E-state index contributed by atoms with van der Waals surface area (Å²) in [6.07, 6.45) is 3.90. The van der Waals surface area contributed by atoms with Crippen LogP contribution in [-0.4, -0.2) is 13.4 Å². The van der Waals surface area contributed by atoms with Crippen LogP contribution in [0.2, 0.25) is 0 Å². The van der Waals surface area contributed by atoms with Crippen molar-refractivity contribution in [2.24, 2.45) is 0 Å². The number of allylic oxidation sites excluding steroid dienone is 1. The Hall–Kier alpha value is -1.28. The summed E-state index contributed by atoms with van der Waals surface area (Å²) in [5.74, 6) is 0.882. The molecule has 0 atom stereocenters. The summed E-state index contributed by atoms with van der Waals surface area (Å²) in [7, 11) is 0. The van der Waals surface area contributed by atoms with Crippen LogP contribution >= 0.6 is 0 Å². The molecule has 0 heterocycles. The number of hydrogen-bond donors (Lipinski definition) is 0. The zero-order valence-corrected chi connectivity index (χ0v) is 8.69. The molecule has 1 rings (SSSR count). The second-order valence-corrected chi connectivity index (χ2v) is 2.97. The highest BCUT2D eigenvalue weighted by Gasteiger charge is 1.95. The zero-order chi connectivity index (χ0) is 10.2. The Morgan fingerprint density at radius 2 is 2.07 bits per heavy atom. The molecule has 0 aliphatic heterocycles. The van der Waals surface area contributed by atoms with Crippen molar-refractivity contribution in [2.45, 2.75) is 13.8 Å². The minimum atomic E-state index is 0.301. The van der Waals surface area contributed by atoms with Crippen molar-refractivity contribution < 1.29 is 9.47 Å². The lowest BCUT2D eigenvalue weighted by molar-refractivity contribution is 0.0302. The van der Waals surface area contributed by atoms with Gasteiger partial charge in [0, 0.05) is 0 Å². The minimum Gasteiger partial charge on any atom is -0.467 e. The SMILES string of the molecule is C/C=C/COCOc1ccccc1C. The molecule has 0 saturated heterocycles. The molecule has 0 aliphatic carbocycles. The van der Waals surface area contributed by atoms with Gasteiger partial charge in [0.25, 0.3) is 0 Å². The van der Waals surface area contributed by atoms with Gasteiger partial charge in [-0.25, -0.2) is 0 Å². The number of hydrogen-bond acceptors (Lipinski definition) is 2. The van der Waals surface area contributed by atoms with Crippen molar-refractivity contribution in [3.63, 3.8) is 0 Å². The summed E-state index contributed by atoms with van der Waals surface area (Å²) in [4.78, 5) is 0. The third-order valence-electron chi connectivity index (χ3n) is 1.84. The van der Waals surface area contributed by atoms with Gasteiger partial charge < -0.3 is 9.47 Å². The van der Waals surface area contributed by atoms with Gasteiger partial charge in [0.15, 0.2) is 6.79 Å². The number of benzene rings is 1. The molecule has 0 unspecified atom stereocenters. The van der Waals surface area contributed by atoms with Crippen LogP contribution in [0.3, 0.4) is 0 Å². The maximum absolute atomic E-state index is 5.43. The monoisotopic (exact) mass is 192 g/mol. The van der Waals surface area contributed by atoms with E-state index in [-0.39, 0.29) is 0 Å². The maximum Gasteiger partial charge on any atom is 0.189 e. The maximum atomic E-state index is 5.43. The fraction of sp³-hybridized carbons (Fsp3) is 0.333. The highest BCUT2D eigenvalue weighted by molar-refractivity contribution is 5.31. The van der Waals surface area contributed by atoms with Crippen LogP contribution in [0.1, 0.15) is 12.5 Å². The first-order chi connectivity index (χ1) is 6.84. The molecule has 1 aromatic rings. The number of rotatable bonds is 5. The van der Waals surface area contributed by atoms with Crippen LogP contribution < -0.4 is 4.74 Å². The van der Waals surface area contributed by atoms with Crippen LogP contribution in [0.4, 0.5) is 0 Å². The number of aryl methyl sites for hydroxylation is 1. The molecule has 14 heavy (non-hydrogen) atoms. The van der Waals surface area contributed by atoms with Gasteiger partial charge in [-0.1, -0.05) is 30.4 Å². The molecule has 2 nitrogen and oxygen atoms in total. The van der Waals surface area contributed by atoms with Crippen LogP contribution in [0.15, 0.2) is 36.4 Å². The highest BCUT2D eigenvalue weighted by atomic mass is 16.7. The van der Waals surface area contributed by atoms with Crippen molar-refractivity contribution in [1.82, 2.24) is 0 Å². The Labute approximate surface area is 85.2 Å². The third kappa shape index (κ3) is 3.62. The van der Waals surface area contributed by atoms with E-state index in [1.54, 1.807) is 0 Å². The van der Waals surface area contributed by atoms with E-state index < -0.39 is 0 Å². The predicted molar refractivity (Wildman–Crippen MR) is 57.4 cm³/mol.